The minimum atomic E-state index is 0.113. The fraction of sp³-hybridized carbons (Fsp3) is 0.533. The van der Waals surface area contributed by atoms with Crippen LogP contribution in [0, 0.1) is 6.92 Å². The molecule has 0 aromatic heterocycles. The number of carbonyl (C=O) groups is 1. The number of anilines is 1. The van der Waals surface area contributed by atoms with Crippen molar-refractivity contribution in [1.29, 1.82) is 0 Å². The summed E-state index contributed by atoms with van der Waals surface area (Å²) in [5.41, 5.74) is 2.83. The molecule has 1 aliphatic rings. The molecule has 2 rings (SSSR count). The van der Waals surface area contributed by atoms with Gasteiger partial charge >= 0.3 is 0 Å². The largest absolute Gasteiger partial charge is 0.388 e. The molecule has 1 fully saturated rings. The third-order valence-corrected chi connectivity index (χ3v) is 3.63. The minimum absolute atomic E-state index is 0.113. The van der Waals surface area contributed by atoms with Crippen molar-refractivity contribution in [3.8, 4) is 0 Å². The van der Waals surface area contributed by atoms with Crippen LogP contribution in [0.15, 0.2) is 18.2 Å². The van der Waals surface area contributed by atoms with Gasteiger partial charge in [0.1, 0.15) is 0 Å². The lowest BCUT2D eigenvalue weighted by Gasteiger charge is -2.32. The monoisotopic (exact) mass is 262 g/mol. The Morgan fingerprint density at radius 2 is 2.32 bits per heavy atom. The zero-order valence-corrected chi connectivity index (χ0v) is 11.9. The van der Waals surface area contributed by atoms with Crippen LogP contribution in [0.5, 0.6) is 0 Å². The summed E-state index contributed by atoms with van der Waals surface area (Å²) < 4.78 is 5.61. The maximum Gasteiger partial charge on any atom is 0.254 e. The van der Waals surface area contributed by atoms with Gasteiger partial charge in [0.2, 0.25) is 0 Å². The van der Waals surface area contributed by atoms with Crippen LogP contribution in [0.1, 0.15) is 29.3 Å². The molecule has 1 saturated heterocycles. The molecule has 0 spiro atoms. The van der Waals surface area contributed by atoms with E-state index in [4.69, 9.17) is 4.74 Å². The van der Waals surface area contributed by atoms with E-state index in [1.165, 1.54) is 0 Å². The van der Waals surface area contributed by atoms with E-state index in [0.717, 1.165) is 23.2 Å². The Hall–Kier alpha value is -1.55. The molecule has 1 amide bonds. The first-order valence-electron chi connectivity index (χ1n) is 6.85. The van der Waals surface area contributed by atoms with Gasteiger partial charge in [0, 0.05) is 31.4 Å². The van der Waals surface area contributed by atoms with E-state index in [1.54, 1.807) is 0 Å². The summed E-state index contributed by atoms with van der Waals surface area (Å²) in [6, 6.07) is 5.85. The Kier molecular flexibility index (Phi) is 4.43. The average Bonchev–Trinajstić information content (AvgIpc) is 2.46. The maximum atomic E-state index is 12.5. The molecule has 0 radical (unpaired) electrons. The number of rotatable bonds is 3. The molecule has 104 valence electrons. The predicted octanol–water partition coefficient (Wildman–Crippen LogP) is 2.29. The third kappa shape index (κ3) is 3.07. The summed E-state index contributed by atoms with van der Waals surface area (Å²) in [5.74, 6) is 0.113. The van der Waals surface area contributed by atoms with Gasteiger partial charge in [-0.1, -0.05) is 6.92 Å². The van der Waals surface area contributed by atoms with E-state index in [1.807, 2.05) is 37.1 Å². The lowest BCUT2D eigenvalue weighted by molar-refractivity contribution is -0.0226. The number of ether oxygens (including phenoxy) is 1. The van der Waals surface area contributed by atoms with Gasteiger partial charge in [-0.05, 0) is 37.1 Å². The van der Waals surface area contributed by atoms with Crippen molar-refractivity contribution < 1.29 is 9.53 Å². The standard InChI is InChI=1S/C15H22N2O2/c1-4-13-10-17(7-8-19-13)15(18)14-6-5-12(16-3)9-11(14)2/h5-6,9,13,16H,4,7-8,10H2,1-3H3. The highest BCUT2D eigenvalue weighted by atomic mass is 16.5. The quantitative estimate of drug-likeness (QED) is 0.908. The molecule has 1 aromatic carbocycles. The number of nitrogens with one attached hydrogen (secondary N) is 1. The van der Waals surface area contributed by atoms with Crippen molar-refractivity contribution in [2.24, 2.45) is 0 Å². The molecular formula is C15H22N2O2. The fourth-order valence-electron chi connectivity index (χ4n) is 2.38. The molecule has 0 aliphatic carbocycles. The number of benzene rings is 1. The van der Waals surface area contributed by atoms with Gasteiger partial charge in [-0.15, -0.1) is 0 Å². The van der Waals surface area contributed by atoms with Crippen LogP contribution in [0.25, 0.3) is 0 Å². The lowest BCUT2D eigenvalue weighted by Crippen LogP contribution is -2.45. The number of hydrogen-bond acceptors (Lipinski definition) is 3. The number of amides is 1. The predicted molar refractivity (Wildman–Crippen MR) is 76.7 cm³/mol. The molecule has 4 heteroatoms. The van der Waals surface area contributed by atoms with Gasteiger partial charge in [0.25, 0.3) is 5.91 Å². The Morgan fingerprint density at radius 1 is 1.53 bits per heavy atom. The highest BCUT2D eigenvalue weighted by Gasteiger charge is 2.24. The summed E-state index contributed by atoms with van der Waals surface area (Å²) in [5, 5.41) is 3.08. The van der Waals surface area contributed by atoms with Crippen molar-refractivity contribution in [1.82, 2.24) is 4.90 Å². The van der Waals surface area contributed by atoms with Gasteiger partial charge in [-0.2, -0.15) is 0 Å². The first-order chi connectivity index (χ1) is 9.15. The topological polar surface area (TPSA) is 41.6 Å². The van der Waals surface area contributed by atoms with Crippen LogP contribution < -0.4 is 5.32 Å². The molecule has 19 heavy (non-hydrogen) atoms. The third-order valence-electron chi connectivity index (χ3n) is 3.63. The van der Waals surface area contributed by atoms with Gasteiger partial charge in [0.15, 0.2) is 0 Å². The lowest BCUT2D eigenvalue weighted by atomic mass is 10.1. The zero-order chi connectivity index (χ0) is 13.8. The van der Waals surface area contributed by atoms with Crippen LogP contribution in [0.4, 0.5) is 5.69 Å². The van der Waals surface area contributed by atoms with Gasteiger partial charge in [-0.3, -0.25) is 4.79 Å². The highest BCUT2D eigenvalue weighted by molar-refractivity contribution is 5.96. The van der Waals surface area contributed by atoms with Crippen molar-refractivity contribution in [2.45, 2.75) is 26.4 Å². The van der Waals surface area contributed by atoms with E-state index in [2.05, 4.69) is 12.2 Å². The Bertz CT molecular complexity index is 459. The number of nitrogens with zero attached hydrogens (tertiary/aromatic N) is 1. The number of hydrogen-bond donors (Lipinski definition) is 1. The number of carbonyl (C=O) groups excluding carboxylic acids is 1. The Morgan fingerprint density at radius 3 is 2.95 bits per heavy atom. The summed E-state index contributed by atoms with van der Waals surface area (Å²) in [6.07, 6.45) is 1.12. The number of morpholine rings is 1. The van der Waals surface area contributed by atoms with Crippen molar-refractivity contribution in [2.75, 3.05) is 32.1 Å². The maximum absolute atomic E-state index is 12.5. The van der Waals surface area contributed by atoms with Gasteiger partial charge < -0.3 is 15.0 Å². The normalized spacial score (nSPS) is 19.3. The minimum Gasteiger partial charge on any atom is -0.388 e. The molecule has 1 aliphatic heterocycles. The van der Waals surface area contributed by atoms with E-state index in [-0.39, 0.29) is 12.0 Å². The van der Waals surface area contributed by atoms with Crippen LogP contribution in [-0.4, -0.2) is 43.7 Å². The van der Waals surface area contributed by atoms with E-state index in [0.29, 0.717) is 19.7 Å². The van der Waals surface area contributed by atoms with Gasteiger partial charge in [0.05, 0.1) is 12.7 Å². The molecule has 4 nitrogen and oxygen atoms in total. The molecule has 0 saturated carbocycles. The summed E-state index contributed by atoms with van der Waals surface area (Å²) >= 11 is 0. The second kappa shape index (κ2) is 6.06. The second-order valence-corrected chi connectivity index (χ2v) is 4.93. The van der Waals surface area contributed by atoms with Crippen molar-refractivity contribution >= 4 is 11.6 Å². The molecule has 0 bridgehead atoms. The fourth-order valence-corrected chi connectivity index (χ4v) is 2.38. The highest BCUT2D eigenvalue weighted by Crippen LogP contribution is 2.18. The second-order valence-electron chi connectivity index (χ2n) is 4.93. The first-order valence-corrected chi connectivity index (χ1v) is 6.85. The van der Waals surface area contributed by atoms with Crippen LogP contribution in [0.2, 0.25) is 0 Å². The average molecular weight is 262 g/mol. The molecule has 1 unspecified atom stereocenters. The molecule has 1 atom stereocenters. The number of aryl methyl sites for hydroxylation is 1. The van der Waals surface area contributed by atoms with E-state index < -0.39 is 0 Å². The molecular weight excluding hydrogens is 240 g/mol. The van der Waals surface area contributed by atoms with Crippen LogP contribution >= 0.6 is 0 Å². The first kappa shape index (κ1) is 13.9. The molecule has 1 aromatic rings. The van der Waals surface area contributed by atoms with Crippen molar-refractivity contribution in [3.05, 3.63) is 29.3 Å². The van der Waals surface area contributed by atoms with E-state index in [9.17, 15) is 4.79 Å². The van der Waals surface area contributed by atoms with Crippen molar-refractivity contribution in [3.63, 3.8) is 0 Å². The Labute approximate surface area is 114 Å². The smallest absolute Gasteiger partial charge is 0.254 e. The summed E-state index contributed by atoms with van der Waals surface area (Å²) in [6.45, 7) is 6.08. The SMILES string of the molecule is CCC1CN(C(=O)c2ccc(NC)cc2C)CCO1. The van der Waals surface area contributed by atoms with Crippen LogP contribution in [-0.2, 0) is 4.74 Å². The summed E-state index contributed by atoms with van der Waals surface area (Å²) in [7, 11) is 1.88. The summed E-state index contributed by atoms with van der Waals surface area (Å²) in [4.78, 5) is 14.4. The molecule has 1 heterocycles. The van der Waals surface area contributed by atoms with Gasteiger partial charge in [-0.25, -0.2) is 0 Å². The molecule has 1 N–H and O–H groups in total. The van der Waals surface area contributed by atoms with Crippen LogP contribution in [0.3, 0.4) is 0 Å². The zero-order valence-electron chi connectivity index (χ0n) is 11.9. The van der Waals surface area contributed by atoms with E-state index >= 15 is 0 Å². The Balaban J connectivity index is 2.15.